The van der Waals surface area contributed by atoms with Crippen LogP contribution in [0.1, 0.15) is 0 Å². The van der Waals surface area contributed by atoms with Crippen molar-refractivity contribution in [3.8, 4) is 34.0 Å². The molecule has 0 aliphatic carbocycles. The van der Waals surface area contributed by atoms with Crippen LogP contribution in [0.15, 0.2) is 67.4 Å². The molecule has 0 spiro atoms. The molecule has 3 aromatic heterocycles. The van der Waals surface area contributed by atoms with E-state index in [2.05, 4.69) is 20.2 Å². The van der Waals surface area contributed by atoms with Gasteiger partial charge in [0.1, 0.15) is 5.75 Å². The van der Waals surface area contributed by atoms with E-state index in [1.807, 2.05) is 29.0 Å². The zero-order chi connectivity index (χ0) is 17.2. The molecule has 3 heterocycles. The summed E-state index contributed by atoms with van der Waals surface area (Å²) < 4.78 is 1.87. The summed E-state index contributed by atoms with van der Waals surface area (Å²) >= 11 is 0. The Labute approximate surface area is 143 Å². The highest BCUT2D eigenvalue weighted by Crippen LogP contribution is 2.31. The van der Waals surface area contributed by atoms with Gasteiger partial charge in [-0.05, 0) is 30.3 Å². The predicted octanol–water partition coefficient (Wildman–Crippen LogP) is 2.68. The average molecular weight is 330 g/mol. The van der Waals surface area contributed by atoms with Gasteiger partial charge in [-0.2, -0.15) is 0 Å². The summed E-state index contributed by atoms with van der Waals surface area (Å²) in [5.41, 5.74) is 9.37. The van der Waals surface area contributed by atoms with Crippen LogP contribution in [0.4, 0.5) is 5.82 Å². The first-order valence-corrected chi connectivity index (χ1v) is 7.59. The van der Waals surface area contributed by atoms with Crippen molar-refractivity contribution in [3.05, 3.63) is 67.4 Å². The lowest BCUT2D eigenvalue weighted by Crippen LogP contribution is -1.99. The number of phenols is 1. The SMILES string of the molecule is Nc1nnc(-c2ccccc2O)cc1-c1cn(-c2ccncc2)cn1. The molecule has 0 saturated carbocycles. The number of benzene rings is 1. The number of phenolic OH excluding ortho intramolecular Hbond substituents is 1. The third-order valence-corrected chi connectivity index (χ3v) is 3.82. The molecular formula is C18H14N6O. The van der Waals surface area contributed by atoms with E-state index in [-0.39, 0.29) is 11.6 Å². The molecule has 0 amide bonds. The standard InChI is InChI=1S/C18H14N6O/c19-18-14(9-15(22-23-18)13-3-1-2-4-17(13)25)16-10-24(11-21-16)12-5-7-20-8-6-12/h1-11,25H,(H2,19,23). The van der Waals surface area contributed by atoms with E-state index in [0.717, 1.165) is 5.69 Å². The highest BCUT2D eigenvalue weighted by atomic mass is 16.3. The van der Waals surface area contributed by atoms with Crippen LogP contribution in [-0.4, -0.2) is 29.8 Å². The second kappa shape index (κ2) is 6.04. The Hall–Kier alpha value is -3.74. The monoisotopic (exact) mass is 330 g/mol. The topological polar surface area (TPSA) is 103 Å². The molecule has 7 nitrogen and oxygen atoms in total. The number of aromatic nitrogens is 5. The molecule has 3 N–H and O–H groups in total. The van der Waals surface area contributed by atoms with Crippen LogP contribution in [0.2, 0.25) is 0 Å². The molecule has 0 atom stereocenters. The van der Waals surface area contributed by atoms with E-state index < -0.39 is 0 Å². The summed E-state index contributed by atoms with van der Waals surface area (Å²) in [6, 6.07) is 12.5. The maximum absolute atomic E-state index is 10.0. The molecule has 0 aliphatic heterocycles. The molecule has 0 bridgehead atoms. The maximum atomic E-state index is 10.0. The third kappa shape index (κ3) is 2.78. The zero-order valence-corrected chi connectivity index (χ0v) is 13.1. The summed E-state index contributed by atoms with van der Waals surface area (Å²) in [7, 11) is 0. The van der Waals surface area contributed by atoms with Gasteiger partial charge in [-0.1, -0.05) is 12.1 Å². The summed E-state index contributed by atoms with van der Waals surface area (Å²) in [6.45, 7) is 0. The van der Waals surface area contributed by atoms with Crippen LogP contribution < -0.4 is 5.73 Å². The molecule has 0 unspecified atom stereocenters. The minimum Gasteiger partial charge on any atom is -0.507 e. The molecule has 0 saturated heterocycles. The van der Waals surface area contributed by atoms with Gasteiger partial charge in [-0.3, -0.25) is 4.98 Å². The number of hydrogen-bond donors (Lipinski definition) is 2. The van der Waals surface area contributed by atoms with Gasteiger partial charge in [-0.15, -0.1) is 10.2 Å². The van der Waals surface area contributed by atoms with Gasteiger partial charge in [0, 0.05) is 35.4 Å². The lowest BCUT2D eigenvalue weighted by atomic mass is 10.1. The third-order valence-electron chi connectivity index (χ3n) is 3.82. The Bertz CT molecular complexity index is 1030. The fraction of sp³-hybridized carbons (Fsp3) is 0. The molecule has 7 heteroatoms. The molecule has 122 valence electrons. The molecule has 0 aliphatic rings. The smallest absolute Gasteiger partial charge is 0.155 e. The van der Waals surface area contributed by atoms with E-state index >= 15 is 0 Å². The summed E-state index contributed by atoms with van der Waals surface area (Å²) in [5, 5.41) is 18.1. The first-order chi connectivity index (χ1) is 12.2. The number of nitrogen functional groups attached to an aromatic ring is 1. The fourth-order valence-corrected chi connectivity index (χ4v) is 2.55. The van der Waals surface area contributed by atoms with Gasteiger partial charge < -0.3 is 15.4 Å². The molecule has 4 aromatic rings. The van der Waals surface area contributed by atoms with Crippen molar-refractivity contribution in [1.82, 2.24) is 24.7 Å². The number of hydrogen-bond acceptors (Lipinski definition) is 6. The van der Waals surface area contributed by atoms with Gasteiger partial charge in [0.05, 0.1) is 17.7 Å². The van der Waals surface area contributed by atoms with Crippen LogP contribution in [0, 0.1) is 0 Å². The Morgan fingerprint density at radius 1 is 0.920 bits per heavy atom. The second-order valence-corrected chi connectivity index (χ2v) is 5.42. The lowest BCUT2D eigenvalue weighted by molar-refractivity contribution is 0.477. The predicted molar refractivity (Wildman–Crippen MR) is 93.9 cm³/mol. The van der Waals surface area contributed by atoms with Crippen molar-refractivity contribution >= 4 is 5.82 Å². The summed E-state index contributed by atoms with van der Waals surface area (Å²) in [5.74, 6) is 0.411. The van der Waals surface area contributed by atoms with Crippen molar-refractivity contribution in [2.45, 2.75) is 0 Å². The van der Waals surface area contributed by atoms with Gasteiger partial charge >= 0.3 is 0 Å². The van der Waals surface area contributed by atoms with E-state index in [0.29, 0.717) is 22.5 Å². The number of aromatic hydroxyl groups is 1. The number of para-hydroxylation sites is 1. The molecule has 25 heavy (non-hydrogen) atoms. The van der Waals surface area contributed by atoms with Crippen molar-refractivity contribution in [2.24, 2.45) is 0 Å². The summed E-state index contributed by atoms with van der Waals surface area (Å²) in [4.78, 5) is 8.42. The van der Waals surface area contributed by atoms with Crippen LogP contribution in [0.25, 0.3) is 28.2 Å². The molecule has 1 aromatic carbocycles. The molecule has 4 rings (SSSR count). The molecular weight excluding hydrogens is 316 g/mol. The van der Waals surface area contributed by atoms with Crippen molar-refractivity contribution < 1.29 is 5.11 Å². The lowest BCUT2D eigenvalue weighted by Gasteiger charge is -2.06. The second-order valence-electron chi connectivity index (χ2n) is 5.42. The Morgan fingerprint density at radius 2 is 1.72 bits per heavy atom. The van der Waals surface area contributed by atoms with E-state index in [1.54, 1.807) is 43.0 Å². The Kier molecular flexibility index (Phi) is 3.59. The number of imidazole rings is 1. The van der Waals surface area contributed by atoms with Crippen molar-refractivity contribution in [3.63, 3.8) is 0 Å². The van der Waals surface area contributed by atoms with Crippen molar-refractivity contribution in [1.29, 1.82) is 0 Å². The highest BCUT2D eigenvalue weighted by molar-refractivity contribution is 5.77. The van der Waals surface area contributed by atoms with Crippen LogP contribution in [0.5, 0.6) is 5.75 Å². The van der Waals surface area contributed by atoms with Crippen LogP contribution in [0.3, 0.4) is 0 Å². The van der Waals surface area contributed by atoms with Gasteiger partial charge in [0.2, 0.25) is 0 Å². The normalized spacial score (nSPS) is 10.7. The number of rotatable bonds is 3. The molecule has 0 fully saturated rings. The largest absolute Gasteiger partial charge is 0.507 e. The fourth-order valence-electron chi connectivity index (χ4n) is 2.55. The first-order valence-electron chi connectivity index (χ1n) is 7.59. The van der Waals surface area contributed by atoms with Crippen molar-refractivity contribution in [2.75, 3.05) is 5.73 Å². The van der Waals surface area contributed by atoms with E-state index in [9.17, 15) is 5.11 Å². The quantitative estimate of drug-likeness (QED) is 0.598. The Balaban J connectivity index is 1.78. The van der Waals surface area contributed by atoms with Gasteiger partial charge in [-0.25, -0.2) is 4.98 Å². The zero-order valence-electron chi connectivity index (χ0n) is 13.1. The van der Waals surface area contributed by atoms with Gasteiger partial charge in [0.15, 0.2) is 5.82 Å². The van der Waals surface area contributed by atoms with Gasteiger partial charge in [0.25, 0.3) is 0 Å². The minimum atomic E-state index is 0.134. The number of nitrogens with zero attached hydrogens (tertiary/aromatic N) is 5. The summed E-state index contributed by atoms with van der Waals surface area (Å²) in [6.07, 6.45) is 6.99. The number of nitrogens with two attached hydrogens (primary N) is 1. The minimum absolute atomic E-state index is 0.134. The molecule has 0 radical (unpaired) electrons. The Morgan fingerprint density at radius 3 is 2.52 bits per heavy atom. The number of pyridine rings is 1. The van der Waals surface area contributed by atoms with Crippen LogP contribution >= 0.6 is 0 Å². The first kappa shape index (κ1) is 14.8. The van der Waals surface area contributed by atoms with E-state index in [1.165, 1.54) is 0 Å². The van der Waals surface area contributed by atoms with Crippen LogP contribution in [-0.2, 0) is 0 Å². The maximum Gasteiger partial charge on any atom is 0.155 e. The van der Waals surface area contributed by atoms with E-state index in [4.69, 9.17) is 5.73 Å². The highest BCUT2D eigenvalue weighted by Gasteiger charge is 2.13. The number of anilines is 1. The average Bonchev–Trinajstić information content (AvgIpc) is 3.13.